The van der Waals surface area contributed by atoms with Crippen molar-refractivity contribution < 1.29 is 13.9 Å². The van der Waals surface area contributed by atoms with E-state index in [0.717, 1.165) is 16.9 Å². The number of carbonyl (C=O) groups excluding carboxylic acids is 1. The van der Waals surface area contributed by atoms with E-state index in [4.69, 9.17) is 10.5 Å². The van der Waals surface area contributed by atoms with E-state index >= 15 is 0 Å². The zero-order valence-corrected chi connectivity index (χ0v) is 13.5. The SMILES string of the molecule is COc1ccc(C)cc1C(C)NC(C(N)=O)c1ccc(F)cc1. The normalized spacial score (nSPS) is 13.4. The monoisotopic (exact) mass is 316 g/mol. The van der Waals surface area contributed by atoms with Crippen molar-refractivity contribution in [1.29, 1.82) is 0 Å². The van der Waals surface area contributed by atoms with Crippen molar-refractivity contribution in [2.24, 2.45) is 5.73 Å². The van der Waals surface area contributed by atoms with Crippen LogP contribution in [0.2, 0.25) is 0 Å². The number of carbonyl (C=O) groups is 1. The first kappa shape index (κ1) is 17.0. The molecule has 0 spiro atoms. The molecule has 1 amide bonds. The maximum absolute atomic E-state index is 13.1. The second-order valence-electron chi connectivity index (χ2n) is 5.52. The standard InChI is InChI=1S/C18H21FN2O2/c1-11-4-9-16(23-3)15(10-11)12(2)21-17(18(20)22)13-5-7-14(19)8-6-13/h4-10,12,17,21H,1-3H3,(H2,20,22). The summed E-state index contributed by atoms with van der Waals surface area (Å²) in [5.41, 5.74) is 8.15. The van der Waals surface area contributed by atoms with Gasteiger partial charge in [0.25, 0.3) is 0 Å². The van der Waals surface area contributed by atoms with Gasteiger partial charge in [0.15, 0.2) is 0 Å². The van der Waals surface area contributed by atoms with Crippen molar-refractivity contribution in [1.82, 2.24) is 5.32 Å². The predicted molar refractivity (Wildman–Crippen MR) is 87.6 cm³/mol. The number of hydrogen-bond donors (Lipinski definition) is 2. The van der Waals surface area contributed by atoms with Gasteiger partial charge in [0, 0.05) is 11.6 Å². The minimum atomic E-state index is -0.712. The third-order valence-corrected chi connectivity index (χ3v) is 3.76. The topological polar surface area (TPSA) is 64.3 Å². The summed E-state index contributed by atoms with van der Waals surface area (Å²) in [6.07, 6.45) is 0. The summed E-state index contributed by atoms with van der Waals surface area (Å²) in [5, 5.41) is 3.19. The van der Waals surface area contributed by atoms with Crippen LogP contribution in [-0.2, 0) is 4.79 Å². The van der Waals surface area contributed by atoms with E-state index in [0.29, 0.717) is 5.56 Å². The summed E-state index contributed by atoms with van der Waals surface area (Å²) in [4.78, 5) is 11.8. The smallest absolute Gasteiger partial charge is 0.239 e. The van der Waals surface area contributed by atoms with Crippen LogP contribution in [0.1, 0.15) is 35.7 Å². The molecule has 0 saturated heterocycles. The van der Waals surface area contributed by atoms with Crippen molar-refractivity contribution in [2.45, 2.75) is 25.9 Å². The molecule has 3 N–H and O–H groups in total. The number of ether oxygens (including phenoxy) is 1. The second-order valence-corrected chi connectivity index (χ2v) is 5.52. The van der Waals surface area contributed by atoms with E-state index in [2.05, 4.69) is 5.32 Å². The Labute approximate surface area is 135 Å². The van der Waals surface area contributed by atoms with E-state index < -0.39 is 11.9 Å². The van der Waals surface area contributed by atoms with Crippen LogP contribution in [0.5, 0.6) is 5.75 Å². The molecule has 0 aromatic heterocycles. The molecule has 0 saturated carbocycles. The lowest BCUT2D eigenvalue weighted by Gasteiger charge is -2.23. The predicted octanol–water partition coefficient (Wildman–Crippen LogP) is 3.02. The van der Waals surface area contributed by atoms with Gasteiger partial charge in [0.05, 0.1) is 7.11 Å². The van der Waals surface area contributed by atoms with Gasteiger partial charge in [-0.05, 0) is 37.6 Å². The first-order chi connectivity index (χ1) is 10.9. The molecule has 2 atom stereocenters. The van der Waals surface area contributed by atoms with Crippen LogP contribution in [0.4, 0.5) is 4.39 Å². The molecule has 0 aliphatic carbocycles. The molecule has 0 heterocycles. The Morgan fingerprint density at radius 2 is 1.87 bits per heavy atom. The third kappa shape index (κ3) is 4.07. The summed E-state index contributed by atoms with van der Waals surface area (Å²) in [6.45, 7) is 3.91. The maximum Gasteiger partial charge on any atom is 0.239 e. The van der Waals surface area contributed by atoms with Crippen LogP contribution in [0, 0.1) is 12.7 Å². The molecule has 0 bridgehead atoms. The molecule has 0 aliphatic heterocycles. The van der Waals surface area contributed by atoms with Crippen LogP contribution in [0.3, 0.4) is 0 Å². The fourth-order valence-corrected chi connectivity index (χ4v) is 2.53. The fourth-order valence-electron chi connectivity index (χ4n) is 2.53. The Balaban J connectivity index is 2.28. The molecule has 0 aliphatic rings. The molecular formula is C18H21FN2O2. The highest BCUT2D eigenvalue weighted by Crippen LogP contribution is 2.28. The van der Waals surface area contributed by atoms with Gasteiger partial charge in [0.1, 0.15) is 17.6 Å². The molecule has 2 aromatic carbocycles. The zero-order valence-electron chi connectivity index (χ0n) is 13.5. The average molecular weight is 316 g/mol. The number of benzene rings is 2. The molecule has 5 heteroatoms. The summed E-state index contributed by atoms with van der Waals surface area (Å²) < 4.78 is 18.4. The van der Waals surface area contributed by atoms with Gasteiger partial charge in [-0.2, -0.15) is 0 Å². The highest BCUT2D eigenvalue weighted by molar-refractivity contribution is 5.81. The number of nitrogens with two attached hydrogens (primary N) is 1. The first-order valence-electron chi connectivity index (χ1n) is 7.37. The van der Waals surface area contributed by atoms with E-state index in [1.807, 2.05) is 32.0 Å². The fraction of sp³-hybridized carbons (Fsp3) is 0.278. The van der Waals surface area contributed by atoms with Crippen LogP contribution >= 0.6 is 0 Å². The number of halogens is 1. The minimum absolute atomic E-state index is 0.174. The number of primary amides is 1. The summed E-state index contributed by atoms with van der Waals surface area (Å²) in [7, 11) is 1.60. The lowest BCUT2D eigenvalue weighted by Crippen LogP contribution is -2.35. The molecule has 4 nitrogen and oxygen atoms in total. The van der Waals surface area contributed by atoms with Crippen molar-refractivity contribution in [3.8, 4) is 5.75 Å². The van der Waals surface area contributed by atoms with Gasteiger partial charge in [0.2, 0.25) is 5.91 Å². The molecule has 0 fully saturated rings. The Morgan fingerprint density at radius 3 is 2.43 bits per heavy atom. The Kier molecular flexibility index (Phi) is 5.34. The Bertz CT molecular complexity index is 686. The zero-order chi connectivity index (χ0) is 17.0. The molecule has 2 unspecified atom stereocenters. The minimum Gasteiger partial charge on any atom is -0.496 e. The van der Waals surface area contributed by atoms with Crippen LogP contribution in [0.25, 0.3) is 0 Å². The van der Waals surface area contributed by atoms with E-state index in [1.54, 1.807) is 19.2 Å². The summed E-state index contributed by atoms with van der Waals surface area (Å²) in [5.74, 6) is -0.140. The number of methoxy groups -OCH3 is 1. The molecule has 2 rings (SSSR count). The average Bonchev–Trinajstić information content (AvgIpc) is 2.53. The largest absolute Gasteiger partial charge is 0.496 e. The van der Waals surface area contributed by atoms with Gasteiger partial charge >= 0.3 is 0 Å². The Hall–Kier alpha value is -2.40. The number of rotatable bonds is 6. The highest BCUT2D eigenvalue weighted by Gasteiger charge is 2.22. The maximum atomic E-state index is 13.1. The van der Waals surface area contributed by atoms with Crippen LogP contribution < -0.4 is 15.8 Å². The van der Waals surface area contributed by atoms with Gasteiger partial charge in [-0.3, -0.25) is 10.1 Å². The van der Waals surface area contributed by atoms with Gasteiger partial charge in [-0.1, -0.05) is 29.8 Å². The number of amides is 1. The van der Waals surface area contributed by atoms with Crippen LogP contribution in [0.15, 0.2) is 42.5 Å². The number of aryl methyl sites for hydroxylation is 1. The van der Waals surface area contributed by atoms with Gasteiger partial charge < -0.3 is 10.5 Å². The molecule has 23 heavy (non-hydrogen) atoms. The summed E-state index contributed by atoms with van der Waals surface area (Å²) in [6, 6.07) is 10.7. The van der Waals surface area contributed by atoms with Crippen molar-refractivity contribution in [3.05, 3.63) is 65.0 Å². The number of nitrogens with one attached hydrogen (secondary N) is 1. The quantitative estimate of drug-likeness (QED) is 0.861. The molecule has 0 radical (unpaired) electrons. The van der Waals surface area contributed by atoms with E-state index in [1.165, 1.54) is 12.1 Å². The van der Waals surface area contributed by atoms with Gasteiger partial charge in [-0.15, -0.1) is 0 Å². The molecule has 122 valence electrons. The summed E-state index contributed by atoms with van der Waals surface area (Å²) >= 11 is 0. The molecular weight excluding hydrogens is 295 g/mol. The van der Waals surface area contributed by atoms with Crippen LogP contribution in [-0.4, -0.2) is 13.0 Å². The lowest BCUT2D eigenvalue weighted by molar-refractivity contribution is -0.120. The van der Waals surface area contributed by atoms with E-state index in [9.17, 15) is 9.18 Å². The van der Waals surface area contributed by atoms with Crippen molar-refractivity contribution >= 4 is 5.91 Å². The third-order valence-electron chi connectivity index (χ3n) is 3.76. The lowest BCUT2D eigenvalue weighted by atomic mass is 10.0. The number of hydrogen-bond acceptors (Lipinski definition) is 3. The van der Waals surface area contributed by atoms with E-state index in [-0.39, 0.29) is 11.9 Å². The second kappa shape index (κ2) is 7.24. The Morgan fingerprint density at radius 1 is 1.22 bits per heavy atom. The first-order valence-corrected chi connectivity index (χ1v) is 7.37. The molecule has 2 aromatic rings. The highest BCUT2D eigenvalue weighted by atomic mass is 19.1. The van der Waals surface area contributed by atoms with Crippen molar-refractivity contribution in [2.75, 3.05) is 7.11 Å². The van der Waals surface area contributed by atoms with Crippen molar-refractivity contribution in [3.63, 3.8) is 0 Å². The van der Waals surface area contributed by atoms with Gasteiger partial charge in [-0.25, -0.2) is 4.39 Å².